The van der Waals surface area contributed by atoms with Gasteiger partial charge in [0.05, 0.1) is 16.4 Å². The molecule has 0 aromatic heterocycles. The van der Waals surface area contributed by atoms with Gasteiger partial charge in [-0.2, -0.15) is 4.31 Å². The smallest absolute Gasteiger partial charge is 0.273 e. The first kappa shape index (κ1) is 15.9. The van der Waals surface area contributed by atoms with E-state index in [1.165, 1.54) is 10.4 Å². The number of aliphatic hydroxyl groups excluding tert-OH is 1. The summed E-state index contributed by atoms with van der Waals surface area (Å²) in [5, 5.41) is 20.3. The molecule has 1 unspecified atom stereocenters. The molecule has 0 amide bonds. The number of aryl methyl sites for hydroxylation is 1. The lowest BCUT2D eigenvalue weighted by molar-refractivity contribution is -0.385. The minimum absolute atomic E-state index is 0.0855. The topological polar surface area (TPSA) is 101 Å². The highest BCUT2D eigenvalue weighted by Gasteiger charge is 2.36. The van der Waals surface area contributed by atoms with Crippen molar-refractivity contribution < 1.29 is 18.4 Å². The fourth-order valence-electron chi connectivity index (χ4n) is 2.59. The number of hydrogen-bond acceptors (Lipinski definition) is 5. The van der Waals surface area contributed by atoms with Crippen molar-refractivity contribution in [3.8, 4) is 0 Å². The van der Waals surface area contributed by atoms with Crippen LogP contribution in [0.2, 0.25) is 0 Å². The van der Waals surface area contributed by atoms with E-state index in [2.05, 4.69) is 0 Å². The molecule has 1 N–H and O–H groups in total. The SMILES string of the molecule is Cc1cc(S(=O)(=O)N2CCCC2CO)cc([N+](=O)[O-])c1C. The number of nitrogens with zero attached hydrogens (tertiary/aromatic N) is 2. The Morgan fingerprint density at radius 2 is 2.10 bits per heavy atom. The zero-order chi connectivity index (χ0) is 15.8. The van der Waals surface area contributed by atoms with E-state index in [0.717, 1.165) is 6.07 Å². The van der Waals surface area contributed by atoms with Gasteiger partial charge in [0.15, 0.2) is 0 Å². The van der Waals surface area contributed by atoms with Crippen LogP contribution in [0.4, 0.5) is 5.69 Å². The minimum Gasteiger partial charge on any atom is -0.395 e. The van der Waals surface area contributed by atoms with Gasteiger partial charge in [0.1, 0.15) is 0 Å². The third-order valence-electron chi connectivity index (χ3n) is 3.95. The normalized spacial score (nSPS) is 19.9. The summed E-state index contributed by atoms with van der Waals surface area (Å²) in [5.74, 6) is 0. The van der Waals surface area contributed by atoms with Crippen LogP contribution in [0.15, 0.2) is 17.0 Å². The Kier molecular flexibility index (Phi) is 4.31. The van der Waals surface area contributed by atoms with Crippen LogP contribution in [-0.2, 0) is 10.0 Å². The van der Waals surface area contributed by atoms with Crippen molar-refractivity contribution in [2.45, 2.75) is 37.6 Å². The fourth-order valence-corrected chi connectivity index (χ4v) is 4.38. The van der Waals surface area contributed by atoms with Crippen LogP contribution in [0, 0.1) is 24.0 Å². The summed E-state index contributed by atoms with van der Waals surface area (Å²) in [7, 11) is -3.83. The quantitative estimate of drug-likeness (QED) is 0.668. The first-order valence-corrected chi connectivity index (χ1v) is 8.11. The maximum absolute atomic E-state index is 12.6. The molecule has 1 atom stereocenters. The van der Waals surface area contributed by atoms with E-state index < -0.39 is 21.0 Å². The lowest BCUT2D eigenvalue weighted by Crippen LogP contribution is -2.37. The molecule has 0 aliphatic carbocycles. The van der Waals surface area contributed by atoms with Crippen LogP contribution in [0.1, 0.15) is 24.0 Å². The number of hydrogen-bond donors (Lipinski definition) is 1. The van der Waals surface area contributed by atoms with Gasteiger partial charge in [0.25, 0.3) is 5.69 Å². The second-order valence-corrected chi connectivity index (χ2v) is 7.13. The molecule has 1 aromatic carbocycles. The van der Waals surface area contributed by atoms with E-state index in [4.69, 9.17) is 0 Å². The summed E-state index contributed by atoms with van der Waals surface area (Å²) in [4.78, 5) is 10.4. The van der Waals surface area contributed by atoms with Gasteiger partial charge in [-0.05, 0) is 38.3 Å². The van der Waals surface area contributed by atoms with Gasteiger partial charge < -0.3 is 5.11 Å². The summed E-state index contributed by atoms with van der Waals surface area (Å²) >= 11 is 0. The average molecular weight is 314 g/mol. The standard InChI is InChI=1S/C13H18N2O5S/c1-9-6-12(7-13(10(9)2)15(17)18)21(19,20)14-5-3-4-11(14)8-16/h6-7,11,16H,3-5,8H2,1-2H3. The maximum Gasteiger partial charge on any atom is 0.273 e. The molecule has 1 aromatic rings. The summed E-state index contributed by atoms with van der Waals surface area (Å²) < 4.78 is 26.5. The lowest BCUT2D eigenvalue weighted by atomic mass is 10.1. The molecule has 0 saturated carbocycles. The molecule has 0 radical (unpaired) electrons. The third kappa shape index (κ3) is 2.78. The summed E-state index contributed by atoms with van der Waals surface area (Å²) in [6, 6.07) is 2.10. The lowest BCUT2D eigenvalue weighted by Gasteiger charge is -2.22. The monoisotopic (exact) mass is 314 g/mol. The van der Waals surface area contributed by atoms with Crippen molar-refractivity contribution in [3.63, 3.8) is 0 Å². The minimum atomic E-state index is -3.83. The summed E-state index contributed by atoms with van der Waals surface area (Å²) in [5.41, 5.74) is 0.815. The van der Waals surface area contributed by atoms with Gasteiger partial charge in [0.2, 0.25) is 10.0 Å². The number of nitro groups is 1. The third-order valence-corrected chi connectivity index (χ3v) is 5.88. The first-order chi connectivity index (χ1) is 9.78. The molecule has 21 heavy (non-hydrogen) atoms. The van der Waals surface area contributed by atoms with Gasteiger partial charge in [-0.25, -0.2) is 8.42 Å². The van der Waals surface area contributed by atoms with Crippen molar-refractivity contribution >= 4 is 15.7 Å². The van der Waals surface area contributed by atoms with Crippen molar-refractivity contribution in [2.24, 2.45) is 0 Å². The number of nitro benzene ring substituents is 1. The Hall–Kier alpha value is -1.51. The fraction of sp³-hybridized carbons (Fsp3) is 0.538. The molecule has 2 rings (SSSR count). The highest BCUT2D eigenvalue weighted by Crippen LogP contribution is 2.30. The Morgan fingerprint density at radius 3 is 2.67 bits per heavy atom. The van der Waals surface area contributed by atoms with Crippen molar-refractivity contribution in [3.05, 3.63) is 33.4 Å². The molecule has 1 fully saturated rings. The second kappa shape index (κ2) is 5.70. The molecule has 0 spiro atoms. The Morgan fingerprint density at radius 1 is 1.43 bits per heavy atom. The van der Waals surface area contributed by atoms with E-state index in [1.54, 1.807) is 13.8 Å². The van der Waals surface area contributed by atoms with E-state index in [1.807, 2.05) is 0 Å². The highest BCUT2D eigenvalue weighted by molar-refractivity contribution is 7.89. The van der Waals surface area contributed by atoms with E-state index in [-0.39, 0.29) is 17.2 Å². The zero-order valence-corrected chi connectivity index (χ0v) is 12.8. The molecular weight excluding hydrogens is 296 g/mol. The van der Waals surface area contributed by atoms with Crippen molar-refractivity contribution in [1.82, 2.24) is 4.31 Å². The Balaban J connectivity index is 2.53. The Bertz CT molecular complexity index is 671. The maximum atomic E-state index is 12.6. The van der Waals surface area contributed by atoms with E-state index in [0.29, 0.717) is 30.5 Å². The Labute approximate surface area is 123 Å². The van der Waals surface area contributed by atoms with E-state index >= 15 is 0 Å². The van der Waals surface area contributed by atoms with Gasteiger partial charge in [0, 0.05) is 24.2 Å². The van der Waals surface area contributed by atoms with Gasteiger partial charge in [-0.15, -0.1) is 0 Å². The highest BCUT2D eigenvalue weighted by atomic mass is 32.2. The second-order valence-electron chi connectivity index (χ2n) is 5.24. The van der Waals surface area contributed by atoms with Crippen molar-refractivity contribution in [1.29, 1.82) is 0 Å². The van der Waals surface area contributed by atoms with E-state index in [9.17, 15) is 23.6 Å². The average Bonchev–Trinajstić information content (AvgIpc) is 2.90. The van der Waals surface area contributed by atoms with Gasteiger partial charge in [-0.1, -0.05) is 0 Å². The first-order valence-electron chi connectivity index (χ1n) is 6.67. The summed E-state index contributed by atoms with van der Waals surface area (Å²) in [6.45, 7) is 3.32. The predicted octanol–water partition coefficient (Wildman–Crippen LogP) is 1.36. The van der Waals surface area contributed by atoms with Crippen LogP contribution in [-0.4, -0.2) is 41.9 Å². The molecular formula is C13H18N2O5S. The largest absolute Gasteiger partial charge is 0.395 e. The number of sulfonamides is 1. The molecule has 1 aliphatic rings. The summed E-state index contributed by atoms with van der Waals surface area (Å²) in [6.07, 6.45) is 1.28. The molecule has 7 nitrogen and oxygen atoms in total. The van der Waals surface area contributed by atoms with Crippen molar-refractivity contribution in [2.75, 3.05) is 13.2 Å². The number of aliphatic hydroxyl groups is 1. The van der Waals surface area contributed by atoms with Crippen LogP contribution >= 0.6 is 0 Å². The van der Waals surface area contributed by atoms with Crippen LogP contribution in [0.25, 0.3) is 0 Å². The van der Waals surface area contributed by atoms with Crippen LogP contribution < -0.4 is 0 Å². The van der Waals surface area contributed by atoms with Crippen LogP contribution in [0.3, 0.4) is 0 Å². The molecule has 1 saturated heterocycles. The van der Waals surface area contributed by atoms with Gasteiger partial charge >= 0.3 is 0 Å². The van der Waals surface area contributed by atoms with Gasteiger partial charge in [-0.3, -0.25) is 10.1 Å². The molecule has 1 aliphatic heterocycles. The number of benzene rings is 1. The molecule has 0 bridgehead atoms. The predicted molar refractivity (Wildman–Crippen MR) is 76.6 cm³/mol. The molecule has 8 heteroatoms. The van der Waals surface area contributed by atoms with Crippen LogP contribution in [0.5, 0.6) is 0 Å². The molecule has 116 valence electrons. The molecule has 1 heterocycles. The zero-order valence-electron chi connectivity index (χ0n) is 11.9. The number of rotatable bonds is 4.